The summed E-state index contributed by atoms with van der Waals surface area (Å²) in [5.41, 5.74) is 0. The fourth-order valence-corrected chi connectivity index (χ4v) is 3.17. The zero-order valence-electron chi connectivity index (χ0n) is 11.5. The average molecular weight is 282 g/mol. The Morgan fingerprint density at radius 3 is 3.05 bits per heavy atom. The number of hydrogen-bond donors (Lipinski definition) is 2. The quantitative estimate of drug-likeness (QED) is 0.868. The van der Waals surface area contributed by atoms with Crippen LogP contribution < -0.4 is 10.6 Å². The third-order valence-corrected chi connectivity index (χ3v) is 4.21. The minimum absolute atomic E-state index is 0.00454. The maximum absolute atomic E-state index is 12.1. The monoisotopic (exact) mass is 282 g/mol. The van der Waals surface area contributed by atoms with Crippen LogP contribution in [0.4, 0.5) is 0 Å². The molecule has 1 fully saturated rings. The van der Waals surface area contributed by atoms with Gasteiger partial charge in [-0.05, 0) is 17.4 Å². The van der Waals surface area contributed by atoms with Gasteiger partial charge in [0.25, 0.3) is 0 Å². The summed E-state index contributed by atoms with van der Waals surface area (Å²) >= 11 is 1.69. The van der Waals surface area contributed by atoms with E-state index in [0.29, 0.717) is 18.9 Å². The van der Waals surface area contributed by atoms with Crippen LogP contribution in [-0.4, -0.2) is 31.7 Å². The lowest BCUT2D eigenvalue weighted by atomic mass is 10.0. The van der Waals surface area contributed by atoms with Gasteiger partial charge in [-0.3, -0.25) is 4.79 Å². The maximum atomic E-state index is 12.1. The fraction of sp³-hybridized carbons (Fsp3) is 0.643. The van der Waals surface area contributed by atoms with Crippen molar-refractivity contribution < 1.29 is 9.53 Å². The fourth-order valence-electron chi connectivity index (χ4n) is 2.22. The van der Waals surface area contributed by atoms with Gasteiger partial charge in [0.05, 0.1) is 25.2 Å². The van der Waals surface area contributed by atoms with Gasteiger partial charge in [-0.25, -0.2) is 0 Å². The van der Waals surface area contributed by atoms with Gasteiger partial charge in [-0.1, -0.05) is 19.9 Å². The molecule has 0 aliphatic carbocycles. The molecular weight excluding hydrogens is 260 g/mol. The molecule has 2 atom stereocenters. The molecule has 19 heavy (non-hydrogen) atoms. The summed E-state index contributed by atoms with van der Waals surface area (Å²) in [5.74, 6) is 0.453. The lowest BCUT2D eigenvalue weighted by Crippen LogP contribution is -2.42. The summed E-state index contributed by atoms with van der Waals surface area (Å²) < 4.78 is 5.56. The van der Waals surface area contributed by atoms with Crippen LogP contribution in [0.2, 0.25) is 0 Å². The van der Waals surface area contributed by atoms with Gasteiger partial charge in [0.15, 0.2) is 0 Å². The Bertz CT molecular complexity index is 386. The molecule has 0 bridgehead atoms. The molecule has 1 aliphatic heterocycles. The van der Waals surface area contributed by atoms with Gasteiger partial charge in [0, 0.05) is 18.0 Å². The van der Waals surface area contributed by atoms with E-state index in [-0.39, 0.29) is 18.1 Å². The molecule has 0 spiro atoms. The first-order chi connectivity index (χ1) is 9.16. The summed E-state index contributed by atoms with van der Waals surface area (Å²) in [5, 5.41) is 8.42. The van der Waals surface area contributed by atoms with Gasteiger partial charge in [0.1, 0.15) is 0 Å². The van der Waals surface area contributed by atoms with Crippen molar-refractivity contribution in [2.75, 3.05) is 19.7 Å². The van der Waals surface area contributed by atoms with Crippen LogP contribution in [0.15, 0.2) is 17.5 Å². The molecule has 1 saturated heterocycles. The summed E-state index contributed by atoms with van der Waals surface area (Å²) in [6.07, 6.45) is 0.437. The molecule has 0 aromatic carbocycles. The van der Waals surface area contributed by atoms with Gasteiger partial charge < -0.3 is 15.4 Å². The van der Waals surface area contributed by atoms with E-state index in [0.717, 1.165) is 13.1 Å². The van der Waals surface area contributed by atoms with E-state index in [1.807, 2.05) is 11.4 Å². The highest BCUT2D eigenvalue weighted by Crippen LogP contribution is 2.25. The van der Waals surface area contributed by atoms with Gasteiger partial charge >= 0.3 is 0 Å². The first-order valence-electron chi connectivity index (χ1n) is 6.82. The van der Waals surface area contributed by atoms with Crippen LogP contribution >= 0.6 is 11.3 Å². The number of morpholine rings is 1. The SMILES string of the molecule is CC(C)C(NC(=O)CC1CNCCO1)c1cccs1. The zero-order chi connectivity index (χ0) is 13.7. The molecule has 4 nitrogen and oxygen atoms in total. The molecule has 2 N–H and O–H groups in total. The average Bonchev–Trinajstić information content (AvgIpc) is 2.90. The van der Waals surface area contributed by atoms with Crippen molar-refractivity contribution in [2.24, 2.45) is 5.92 Å². The predicted molar refractivity (Wildman–Crippen MR) is 77.3 cm³/mol. The topological polar surface area (TPSA) is 50.4 Å². The molecule has 106 valence electrons. The van der Waals surface area contributed by atoms with Crippen molar-refractivity contribution in [2.45, 2.75) is 32.4 Å². The number of carbonyl (C=O) groups excluding carboxylic acids is 1. The van der Waals surface area contributed by atoms with Crippen LogP contribution in [-0.2, 0) is 9.53 Å². The second-order valence-electron chi connectivity index (χ2n) is 5.21. The van der Waals surface area contributed by atoms with Crippen molar-refractivity contribution in [1.29, 1.82) is 0 Å². The van der Waals surface area contributed by atoms with Crippen LogP contribution in [0.25, 0.3) is 0 Å². The minimum atomic E-state index is 0.00454. The van der Waals surface area contributed by atoms with Gasteiger partial charge in [-0.15, -0.1) is 11.3 Å². The van der Waals surface area contributed by atoms with E-state index in [2.05, 4.69) is 30.5 Å². The van der Waals surface area contributed by atoms with Gasteiger partial charge in [0.2, 0.25) is 5.91 Å². The van der Waals surface area contributed by atoms with Crippen LogP contribution in [0.5, 0.6) is 0 Å². The summed E-state index contributed by atoms with van der Waals surface area (Å²) in [6.45, 7) is 6.59. The summed E-state index contributed by atoms with van der Waals surface area (Å²) in [4.78, 5) is 13.3. The highest BCUT2D eigenvalue weighted by Gasteiger charge is 2.22. The number of amides is 1. The smallest absolute Gasteiger partial charge is 0.223 e. The van der Waals surface area contributed by atoms with E-state index in [4.69, 9.17) is 4.74 Å². The van der Waals surface area contributed by atoms with Crippen LogP contribution in [0.1, 0.15) is 31.2 Å². The van der Waals surface area contributed by atoms with Crippen molar-refractivity contribution in [1.82, 2.24) is 10.6 Å². The Balaban J connectivity index is 1.88. The Morgan fingerprint density at radius 2 is 2.47 bits per heavy atom. The number of ether oxygens (including phenoxy) is 1. The van der Waals surface area contributed by atoms with Crippen molar-refractivity contribution in [3.05, 3.63) is 22.4 Å². The molecule has 0 saturated carbocycles. The third kappa shape index (κ3) is 4.30. The summed E-state index contributed by atoms with van der Waals surface area (Å²) in [7, 11) is 0. The first-order valence-corrected chi connectivity index (χ1v) is 7.70. The molecule has 1 aliphatic rings. The lowest BCUT2D eigenvalue weighted by molar-refractivity contribution is -0.125. The van der Waals surface area contributed by atoms with Crippen molar-refractivity contribution in [3.8, 4) is 0 Å². The lowest BCUT2D eigenvalue weighted by Gasteiger charge is -2.25. The van der Waals surface area contributed by atoms with E-state index >= 15 is 0 Å². The number of rotatable bonds is 5. The molecule has 1 aromatic rings. The van der Waals surface area contributed by atoms with E-state index < -0.39 is 0 Å². The largest absolute Gasteiger partial charge is 0.375 e. The second kappa shape index (κ2) is 7.03. The molecular formula is C14H22N2O2S. The normalized spacial score (nSPS) is 21.3. The first kappa shape index (κ1) is 14.5. The van der Waals surface area contributed by atoms with Crippen molar-refractivity contribution >= 4 is 17.2 Å². The van der Waals surface area contributed by atoms with Gasteiger partial charge in [-0.2, -0.15) is 0 Å². The van der Waals surface area contributed by atoms with Crippen molar-refractivity contribution in [3.63, 3.8) is 0 Å². The summed E-state index contributed by atoms with van der Waals surface area (Å²) in [6, 6.07) is 4.20. The molecule has 2 unspecified atom stereocenters. The number of thiophene rings is 1. The molecule has 5 heteroatoms. The minimum Gasteiger partial charge on any atom is -0.375 e. The Labute approximate surface area is 118 Å². The Morgan fingerprint density at radius 1 is 1.63 bits per heavy atom. The highest BCUT2D eigenvalue weighted by atomic mass is 32.1. The predicted octanol–water partition coefficient (Wildman–Crippen LogP) is 1.94. The third-order valence-electron chi connectivity index (χ3n) is 3.25. The van der Waals surface area contributed by atoms with Crippen LogP contribution in [0, 0.1) is 5.92 Å². The van der Waals surface area contributed by atoms with E-state index in [1.54, 1.807) is 11.3 Å². The molecule has 1 amide bonds. The molecule has 2 rings (SSSR count). The molecule has 0 radical (unpaired) electrons. The van der Waals surface area contributed by atoms with E-state index in [1.165, 1.54) is 4.88 Å². The standard InChI is InChI=1S/C14H22N2O2S/c1-10(2)14(12-4-3-7-19-12)16-13(17)8-11-9-15-5-6-18-11/h3-4,7,10-11,14-15H,5-6,8-9H2,1-2H3,(H,16,17). The second-order valence-corrected chi connectivity index (χ2v) is 6.18. The maximum Gasteiger partial charge on any atom is 0.223 e. The number of carbonyl (C=O) groups is 1. The molecule has 2 heterocycles. The van der Waals surface area contributed by atoms with Crippen LogP contribution in [0.3, 0.4) is 0 Å². The molecule has 1 aromatic heterocycles. The Kier molecular flexibility index (Phi) is 5.36. The van der Waals surface area contributed by atoms with E-state index in [9.17, 15) is 4.79 Å². The Hall–Kier alpha value is -0.910. The highest BCUT2D eigenvalue weighted by molar-refractivity contribution is 7.10. The number of hydrogen-bond acceptors (Lipinski definition) is 4. The number of nitrogens with one attached hydrogen (secondary N) is 2. The zero-order valence-corrected chi connectivity index (χ0v) is 12.3.